The van der Waals surface area contributed by atoms with Gasteiger partial charge in [0.2, 0.25) is 11.5 Å². The maximum atomic E-state index is 11.7. The zero-order valence-corrected chi connectivity index (χ0v) is 18.8. The zero-order chi connectivity index (χ0) is 24.8. The van der Waals surface area contributed by atoms with Crippen molar-refractivity contribution in [2.24, 2.45) is 10.2 Å². The molecular formula is C27H21N3O5. The summed E-state index contributed by atoms with van der Waals surface area (Å²) in [7, 11) is 0. The number of carbonyl (C=O) groups is 1. The molecule has 0 bridgehead atoms. The van der Waals surface area contributed by atoms with Gasteiger partial charge in [0.1, 0.15) is 23.2 Å². The Hall–Kier alpha value is -4.90. The van der Waals surface area contributed by atoms with Crippen LogP contribution in [0.2, 0.25) is 0 Å². The number of phenolic OH excluding ortho intramolecular Hbond substituents is 2. The van der Waals surface area contributed by atoms with Crippen molar-refractivity contribution in [3.63, 3.8) is 0 Å². The lowest BCUT2D eigenvalue weighted by molar-refractivity contribution is -0.134. The van der Waals surface area contributed by atoms with E-state index in [9.17, 15) is 20.3 Å². The van der Waals surface area contributed by atoms with E-state index in [1.807, 2.05) is 36.4 Å². The van der Waals surface area contributed by atoms with Crippen molar-refractivity contribution in [3.8, 4) is 17.6 Å². The summed E-state index contributed by atoms with van der Waals surface area (Å²) in [6.45, 7) is 1.23. The van der Waals surface area contributed by atoms with Crippen molar-refractivity contribution in [1.82, 2.24) is 0 Å². The lowest BCUT2D eigenvalue weighted by Crippen LogP contribution is -2.00. The van der Waals surface area contributed by atoms with Crippen LogP contribution in [0, 0.1) is 11.3 Å². The van der Waals surface area contributed by atoms with Crippen LogP contribution < -0.4 is 0 Å². The molecule has 2 N–H and O–H groups in total. The number of fused-ring (bicyclic) bond motifs is 1. The van der Waals surface area contributed by atoms with Crippen LogP contribution in [0.1, 0.15) is 23.8 Å². The number of benzene rings is 3. The standard InChI is InChI=1S/C27H21N3O5/c1-17(31)34-27(26-15-20-4-2-3-5-25(20)35-26)23(16-28)30-29-21-10-7-18(8-11-21)6-9-19-14-22(32)12-13-24(19)33/h2-5,7-8,10-15,32-33H,6,9H2,1H3. The van der Waals surface area contributed by atoms with Gasteiger partial charge in [0.25, 0.3) is 0 Å². The number of aryl methyl sites for hydroxylation is 2. The van der Waals surface area contributed by atoms with Crippen LogP contribution in [0.5, 0.6) is 11.5 Å². The van der Waals surface area contributed by atoms with Gasteiger partial charge in [-0.2, -0.15) is 5.26 Å². The summed E-state index contributed by atoms with van der Waals surface area (Å²) >= 11 is 0. The van der Waals surface area contributed by atoms with E-state index in [0.29, 0.717) is 29.7 Å². The molecule has 0 aliphatic heterocycles. The number of azo groups is 1. The number of phenols is 2. The molecule has 4 rings (SSSR count). The molecular weight excluding hydrogens is 446 g/mol. The van der Waals surface area contributed by atoms with E-state index in [1.165, 1.54) is 25.1 Å². The van der Waals surface area contributed by atoms with Gasteiger partial charge in [-0.1, -0.05) is 30.3 Å². The summed E-state index contributed by atoms with van der Waals surface area (Å²) < 4.78 is 11.0. The van der Waals surface area contributed by atoms with Gasteiger partial charge in [-0.25, -0.2) is 0 Å². The minimum absolute atomic E-state index is 0.102. The monoisotopic (exact) mass is 467 g/mol. The molecule has 8 nitrogen and oxygen atoms in total. The van der Waals surface area contributed by atoms with Gasteiger partial charge in [0.15, 0.2) is 5.76 Å². The molecule has 1 aromatic heterocycles. The molecule has 0 spiro atoms. The average molecular weight is 467 g/mol. The number of hydrogen-bond acceptors (Lipinski definition) is 8. The lowest BCUT2D eigenvalue weighted by atomic mass is 10.0. The quantitative estimate of drug-likeness (QED) is 0.110. The molecule has 174 valence electrons. The van der Waals surface area contributed by atoms with Crippen molar-refractivity contribution in [1.29, 1.82) is 5.26 Å². The van der Waals surface area contributed by atoms with Crippen LogP contribution in [-0.4, -0.2) is 16.2 Å². The van der Waals surface area contributed by atoms with E-state index in [1.54, 1.807) is 24.3 Å². The summed E-state index contributed by atoms with van der Waals surface area (Å²) in [5.74, 6) is -0.293. The number of carbonyl (C=O) groups excluding carboxylic acids is 1. The van der Waals surface area contributed by atoms with E-state index < -0.39 is 5.97 Å². The zero-order valence-electron chi connectivity index (χ0n) is 18.8. The molecule has 0 saturated heterocycles. The first kappa shape index (κ1) is 23.3. The summed E-state index contributed by atoms with van der Waals surface area (Å²) in [5.41, 5.74) is 2.51. The van der Waals surface area contributed by atoms with Crippen LogP contribution in [0.15, 0.2) is 93.1 Å². The van der Waals surface area contributed by atoms with Gasteiger partial charge in [0, 0.05) is 12.3 Å². The number of esters is 1. The molecule has 0 fully saturated rings. The van der Waals surface area contributed by atoms with Gasteiger partial charge >= 0.3 is 5.97 Å². The molecule has 1 heterocycles. The number of ether oxygens (including phenoxy) is 1. The fraction of sp³-hybridized carbons (Fsp3) is 0.111. The maximum absolute atomic E-state index is 11.7. The van der Waals surface area contributed by atoms with E-state index in [4.69, 9.17) is 9.15 Å². The van der Waals surface area contributed by atoms with Crippen molar-refractivity contribution in [2.45, 2.75) is 19.8 Å². The largest absolute Gasteiger partial charge is 0.508 e. The number of aromatic hydroxyl groups is 2. The average Bonchev–Trinajstić information content (AvgIpc) is 3.29. The molecule has 4 aromatic rings. The smallest absolute Gasteiger partial charge is 0.308 e. The summed E-state index contributed by atoms with van der Waals surface area (Å²) in [6.07, 6.45) is 1.19. The lowest BCUT2D eigenvalue weighted by Gasteiger charge is -2.06. The van der Waals surface area contributed by atoms with Crippen LogP contribution in [-0.2, 0) is 22.4 Å². The molecule has 0 unspecified atom stereocenters. The SMILES string of the molecule is CC(=O)OC(=C(C#N)N=Nc1ccc(CCc2cc(O)ccc2O)cc1)c1cc2ccccc2o1. The van der Waals surface area contributed by atoms with Crippen LogP contribution in [0.25, 0.3) is 16.7 Å². The van der Waals surface area contributed by atoms with Gasteiger partial charge < -0.3 is 19.4 Å². The summed E-state index contributed by atoms with van der Waals surface area (Å²) in [4.78, 5) is 11.7. The van der Waals surface area contributed by atoms with Gasteiger partial charge in [-0.05, 0) is 66.4 Å². The number of nitriles is 1. The Balaban J connectivity index is 1.54. The van der Waals surface area contributed by atoms with Crippen molar-refractivity contribution in [2.75, 3.05) is 0 Å². The molecule has 8 heteroatoms. The van der Waals surface area contributed by atoms with Crippen molar-refractivity contribution < 1.29 is 24.2 Å². The highest BCUT2D eigenvalue weighted by molar-refractivity contribution is 5.84. The second kappa shape index (κ2) is 10.4. The van der Waals surface area contributed by atoms with Crippen LogP contribution in [0.4, 0.5) is 5.69 Å². The normalized spacial score (nSPS) is 11.9. The molecule has 0 aliphatic rings. The first-order valence-electron chi connectivity index (χ1n) is 10.8. The number of para-hydroxylation sites is 1. The van der Waals surface area contributed by atoms with E-state index in [0.717, 1.165) is 10.9 Å². The number of allylic oxidation sites excluding steroid dienone is 1. The predicted molar refractivity (Wildman–Crippen MR) is 129 cm³/mol. The third-order valence-electron chi connectivity index (χ3n) is 5.16. The van der Waals surface area contributed by atoms with Gasteiger partial charge in [-0.3, -0.25) is 4.79 Å². The number of nitrogens with zero attached hydrogens (tertiary/aromatic N) is 3. The summed E-state index contributed by atoms with van der Waals surface area (Å²) in [6, 6.07) is 22.5. The van der Waals surface area contributed by atoms with Crippen LogP contribution >= 0.6 is 0 Å². The highest BCUT2D eigenvalue weighted by Crippen LogP contribution is 2.29. The Morgan fingerprint density at radius 2 is 1.80 bits per heavy atom. The minimum atomic E-state index is -0.620. The molecule has 3 aromatic carbocycles. The Morgan fingerprint density at radius 1 is 1.03 bits per heavy atom. The molecule has 0 atom stereocenters. The van der Waals surface area contributed by atoms with Crippen molar-refractivity contribution >= 4 is 28.4 Å². The number of rotatable bonds is 7. The Kier molecular flexibility index (Phi) is 6.88. The van der Waals surface area contributed by atoms with E-state index >= 15 is 0 Å². The Morgan fingerprint density at radius 3 is 2.51 bits per heavy atom. The predicted octanol–water partition coefficient (Wildman–Crippen LogP) is 6.17. The highest BCUT2D eigenvalue weighted by Gasteiger charge is 2.18. The van der Waals surface area contributed by atoms with E-state index in [-0.39, 0.29) is 28.7 Å². The number of hydrogen-bond donors (Lipinski definition) is 2. The van der Waals surface area contributed by atoms with Gasteiger partial charge in [0.05, 0.1) is 5.69 Å². The highest BCUT2D eigenvalue weighted by atomic mass is 16.5. The second-order valence-corrected chi connectivity index (χ2v) is 7.71. The topological polar surface area (TPSA) is 128 Å². The first-order chi connectivity index (χ1) is 16.9. The minimum Gasteiger partial charge on any atom is -0.508 e. The summed E-state index contributed by atoms with van der Waals surface area (Å²) in [5, 5.41) is 38.1. The van der Waals surface area contributed by atoms with E-state index in [2.05, 4.69) is 10.2 Å². The third-order valence-corrected chi connectivity index (χ3v) is 5.16. The maximum Gasteiger partial charge on any atom is 0.308 e. The fourth-order valence-corrected chi connectivity index (χ4v) is 3.46. The van der Waals surface area contributed by atoms with Crippen molar-refractivity contribution in [3.05, 3.63) is 95.4 Å². The van der Waals surface area contributed by atoms with Crippen LogP contribution in [0.3, 0.4) is 0 Å². The molecule has 0 amide bonds. The molecule has 0 radical (unpaired) electrons. The number of furan rings is 1. The molecule has 35 heavy (non-hydrogen) atoms. The third kappa shape index (κ3) is 5.72. The molecule has 0 saturated carbocycles. The molecule has 0 aliphatic carbocycles. The second-order valence-electron chi connectivity index (χ2n) is 7.71. The Bertz CT molecular complexity index is 1440. The first-order valence-corrected chi connectivity index (χ1v) is 10.8. The Labute approximate surface area is 201 Å². The fourth-order valence-electron chi connectivity index (χ4n) is 3.46. The van der Waals surface area contributed by atoms with Gasteiger partial charge in [-0.15, -0.1) is 10.2 Å².